The van der Waals surface area contributed by atoms with E-state index < -0.39 is 5.25 Å². The van der Waals surface area contributed by atoms with Gasteiger partial charge < -0.3 is 9.64 Å². The first-order valence-electron chi connectivity index (χ1n) is 10.7. The Bertz CT molecular complexity index is 1400. The number of thioether (sulfide) groups is 1. The number of hydrogen-bond acceptors (Lipinski definition) is 6. The van der Waals surface area contributed by atoms with Gasteiger partial charge in [-0.15, -0.1) is 11.3 Å². The van der Waals surface area contributed by atoms with Crippen molar-refractivity contribution in [3.63, 3.8) is 0 Å². The molecule has 1 unspecified atom stereocenters. The zero-order chi connectivity index (χ0) is 22.9. The predicted molar refractivity (Wildman–Crippen MR) is 133 cm³/mol. The Morgan fingerprint density at radius 2 is 1.94 bits per heavy atom. The van der Waals surface area contributed by atoms with Crippen molar-refractivity contribution >= 4 is 39.9 Å². The third-order valence-electron chi connectivity index (χ3n) is 5.82. The van der Waals surface area contributed by atoms with E-state index in [1.165, 1.54) is 22.2 Å². The number of nitrogens with zero attached hydrogens (tertiary/aromatic N) is 3. The first kappa shape index (κ1) is 21.7. The first-order valence-corrected chi connectivity index (χ1v) is 12.5. The second-order valence-corrected chi connectivity index (χ2v) is 10.2. The van der Waals surface area contributed by atoms with Crippen molar-refractivity contribution in [1.29, 1.82) is 0 Å². The third-order valence-corrected chi connectivity index (χ3v) is 7.88. The van der Waals surface area contributed by atoms with E-state index in [-0.39, 0.29) is 11.5 Å². The van der Waals surface area contributed by atoms with Gasteiger partial charge in [0.1, 0.15) is 5.75 Å². The van der Waals surface area contributed by atoms with Gasteiger partial charge >= 0.3 is 0 Å². The normalized spacial score (nSPS) is 14.2. The molecule has 3 heterocycles. The summed E-state index contributed by atoms with van der Waals surface area (Å²) in [6.45, 7) is 3.22. The molecular formula is C25H23N3O3S2. The number of carbonyl (C=O) groups is 1. The molecule has 0 radical (unpaired) electrons. The molecule has 0 N–H and O–H groups in total. The van der Waals surface area contributed by atoms with Gasteiger partial charge in [0.2, 0.25) is 5.91 Å². The summed E-state index contributed by atoms with van der Waals surface area (Å²) in [5, 5.41) is 2.67. The second-order valence-electron chi connectivity index (χ2n) is 7.86. The second kappa shape index (κ2) is 9.03. The molecular weight excluding hydrogens is 454 g/mol. The van der Waals surface area contributed by atoms with Gasteiger partial charge in [-0.3, -0.25) is 14.2 Å². The standard InChI is InChI=1S/C25H23N3O3S2/c1-16(23(29)27-13-11-22-17(15-27)12-14-32-22)33-25-26-19-8-4-3-7-18(19)24(30)28(25)20-9-5-6-10-21(20)31-2/h3-10,12,14,16H,11,13,15H2,1-2H3. The summed E-state index contributed by atoms with van der Waals surface area (Å²) in [5.41, 5.74) is 2.25. The summed E-state index contributed by atoms with van der Waals surface area (Å²) in [5.74, 6) is 0.615. The fraction of sp³-hybridized carbons (Fsp3) is 0.240. The number of methoxy groups -OCH3 is 1. The van der Waals surface area contributed by atoms with E-state index in [0.717, 1.165) is 6.42 Å². The molecule has 168 valence electrons. The van der Waals surface area contributed by atoms with Crippen molar-refractivity contribution in [2.24, 2.45) is 0 Å². The monoisotopic (exact) mass is 477 g/mol. The number of amides is 1. The molecule has 2 aromatic carbocycles. The number of para-hydroxylation sites is 3. The predicted octanol–water partition coefficient (Wildman–Crippen LogP) is 4.52. The molecule has 2 aromatic heterocycles. The van der Waals surface area contributed by atoms with Crippen LogP contribution >= 0.6 is 23.1 Å². The Morgan fingerprint density at radius 3 is 2.79 bits per heavy atom. The van der Waals surface area contributed by atoms with Crippen LogP contribution in [0.25, 0.3) is 16.6 Å². The fourth-order valence-electron chi connectivity index (χ4n) is 4.12. The number of carbonyl (C=O) groups excluding carboxylic acids is 1. The molecule has 0 saturated heterocycles. The highest BCUT2D eigenvalue weighted by Gasteiger charge is 2.28. The third kappa shape index (κ3) is 4.05. The van der Waals surface area contributed by atoms with E-state index >= 15 is 0 Å². The Balaban J connectivity index is 1.53. The zero-order valence-electron chi connectivity index (χ0n) is 18.4. The summed E-state index contributed by atoms with van der Waals surface area (Å²) in [6, 6.07) is 16.7. The zero-order valence-corrected chi connectivity index (χ0v) is 20.0. The quantitative estimate of drug-likeness (QED) is 0.312. The van der Waals surface area contributed by atoms with Crippen molar-refractivity contribution in [2.45, 2.75) is 30.3 Å². The van der Waals surface area contributed by atoms with Crippen LogP contribution in [-0.4, -0.2) is 39.3 Å². The van der Waals surface area contributed by atoms with Gasteiger partial charge in [0.25, 0.3) is 5.56 Å². The van der Waals surface area contributed by atoms with Crippen LogP contribution in [0.15, 0.2) is 69.9 Å². The van der Waals surface area contributed by atoms with Crippen LogP contribution in [0.1, 0.15) is 17.4 Å². The summed E-state index contributed by atoms with van der Waals surface area (Å²) < 4.78 is 7.08. The molecule has 0 spiro atoms. The molecule has 4 aromatic rings. The molecule has 1 amide bonds. The summed E-state index contributed by atoms with van der Waals surface area (Å²) in [7, 11) is 1.58. The van der Waals surface area contributed by atoms with Crippen molar-refractivity contribution in [1.82, 2.24) is 14.5 Å². The molecule has 1 aliphatic rings. The van der Waals surface area contributed by atoms with Gasteiger partial charge in [-0.05, 0) is 54.6 Å². The van der Waals surface area contributed by atoms with Crippen molar-refractivity contribution < 1.29 is 9.53 Å². The smallest absolute Gasteiger partial charge is 0.266 e. The maximum absolute atomic E-state index is 13.5. The Morgan fingerprint density at radius 1 is 1.15 bits per heavy atom. The van der Waals surface area contributed by atoms with Crippen LogP contribution in [-0.2, 0) is 17.8 Å². The van der Waals surface area contributed by atoms with E-state index in [2.05, 4.69) is 11.4 Å². The number of rotatable bonds is 5. The lowest BCUT2D eigenvalue weighted by atomic mass is 10.1. The molecule has 8 heteroatoms. The Kier molecular flexibility index (Phi) is 5.95. The minimum Gasteiger partial charge on any atom is -0.495 e. The van der Waals surface area contributed by atoms with Crippen LogP contribution in [0.5, 0.6) is 5.75 Å². The van der Waals surface area contributed by atoms with Crippen molar-refractivity contribution in [3.05, 3.63) is 80.8 Å². The highest BCUT2D eigenvalue weighted by Crippen LogP contribution is 2.31. The maximum atomic E-state index is 13.5. The molecule has 5 rings (SSSR count). The van der Waals surface area contributed by atoms with E-state index in [9.17, 15) is 9.59 Å². The van der Waals surface area contributed by atoms with Gasteiger partial charge in [-0.1, -0.05) is 36.0 Å². The Labute approximate surface area is 199 Å². The molecule has 1 aliphatic heterocycles. The number of hydrogen-bond donors (Lipinski definition) is 0. The number of thiophene rings is 1. The van der Waals surface area contributed by atoms with Gasteiger partial charge in [0, 0.05) is 18.0 Å². The summed E-state index contributed by atoms with van der Waals surface area (Å²) in [6.07, 6.45) is 0.885. The minimum absolute atomic E-state index is 0.0471. The van der Waals surface area contributed by atoms with Crippen LogP contribution < -0.4 is 10.3 Å². The lowest BCUT2D eigenvalue weighted by Crippen LogP contribution is -2.40. The molecule has 33 heavy (non-hydrogen) atoms. The number of aromatic nitrogens is 2. The highest BCUT2D eigenvalue weighted by atomic mass is 32.2. The number of fused-ring (bicyclic) bond motifs is 2. The number of ether oxygens (including phenoxy) is 1. The average molecular weight is 478 g/mol. The molecule has 0 saturated carbocycles. The highest BCUT2D eigenvalue weighted by molar-refractivity contribution is 8.00. The summed E-state index contributed by atoms with van der Waals surface area (Å²) >= 11 is 3.06. The molecule has 0 bridgehead atoms. The molecule has 1 atom stereocenters. The lowest BCUT2D eigenvalue weighted by molar-refractivity contribution is -0.131. The number of benzene rings is 2. The average Bonchev–Trinajstić information content (AvgIpc) is 3.32. The van der Waals surface area contributed by atoms with E-state index in [1.54, 1.807) is 29.1 Å². The fourth-order valence-corrected chi connectivity index (χ4v) is 6.01. The van der Waals surface area contributed by atoms with Crippen LogP contribution in [0, 0.1) is 0 Å². The Hall–Kier alpha value is -3.10. The van der Waals surface area contributed by atoms with Crippen LogP contribution in [0.4, 0.5) is 0 Å². The van der Waals surface area contributed by atoms with Gasteiger partial charge in [-0.2, -0.15) is 0 Å². The van der Waals surface area contributed by atoms with Gasteiger partial charge in [0.15, 0.2) is 5.16 Å². The van der Waals surface area contributed by atoms with Gasteiger partial charge in [0.05, 0.1) is 29.0 Å². The molecule has 0 fully saturated rings. The van der Waals surface area contributed by atoms with Crippen molar-refractivity contribution in [3.8, 4) is 11.4 Å². The molecule has 0 aliphatic carbocycles. The lowest BCUT2D eigenvalue weighted by Gasteiger charge is -2.29. The largest absolute Gasteiger partial charge is 0.495 e. The van der Waals surface area contributed by atoms with E-state index in [0.29, 0.717) is 40.6 Å². The van der Waals surface area contributed by atoms with Crippen LogP contribution in [0.2, 0.25) is 0 Å². The molecule has 6 nitrogen and oxygen atoms in total. The van der Waals surface area contributed by atoms with Crippen molar-refractivity contribution in [2.75, 3.05) is 13.7 Å². The maximum Gasteiger partial charge on any atom is 0.266 e. The SMILES string of the molecule is COc1ccccc1-n1c(SC(C)C(=O)N2CCc3sccc3C2)nc2ccccc2c1=O. The summed E-state index contributed by atoms with van der Waals surface area (Å²) in [4.78, 5) is 34.9. The van der Waals surface area contributed by atoms with E-state index in [4.69, 9.17) is 9.72 Å². The van der Waals surface area contributed by atoms with Gasteiger partial charge in [-0.25, -0.2) is 4.98 Å². The topological polar surface area (TPSA) is 64.4 Å². The minimum atomic E-state index is -0.404. The van der Waals surface area contributed by atoms with E-state index in [1.807, 2.05) is 54.3 Å². The first-order chi connectivity index (χ1) is 16.1. The van der Waals surface area contributed by atoms with Crippen LogP contribution in [0.3, 0.4) is 0 Å².